The van der Waals surface area contributed by atoms with Gasteiger partial charge in [-0.25, -0.2) is 0 Å². The van der Waals surface area contributed by atoms with Gasteiger partial charge in [-0.05, 0) is 6.42 Å². The molecule has 2 saturated heterocycles. The Bertz CT molecular complexity index is 553. The minimum atomic E-state index is -1.39. The monoisotopic (exact) mass is 522 g/mol. The molecule has 36 heavy (non-hydrogen) atoms. The van der Waals surface area contributed by atoms with Gasteiger partial charge in [0, 0.05) is 6.61 Å². The predicted molar refractivity (Wildman–Crippen MR) is 132 cm³/mol. The Balaban J connectivity index is 1.70. The topological polar surface area (TPSA) is 158 Å². The van der Waals surface area contributed by atoms with Crippen LogP contribution in [0.3, 0.4) is 0 Å². The number of hydrogen-bond donors (Lipinski definition) is 6. The number of aliphatic hydroxyl groups is 6. The van der Waals surface area contributed by atoms with Gasteiger partial charge in [0.25, 0.3) is 0 Å². The Morgan fingerprint density at radius 3 is 1.94 bits per heavy atom. The molecule has 0 amide bonds. The molecule has 0 radical (unpaired) electrons. The molecule has 6 N–H and O–H groups in total. The number of aliphatic hydroxyl groups excluding tert-OH is 6. The van der Waals surface area contributed by atoms with Crippen LogP contribution in [0, 0.1) is 0 Å². The van der Waals surface area contributed by atoms with Crippen molar-refractivity contribution < 1.29 is 49.6 Å². The summed E-state index contributed by atoms with van der Waals surface area (Å²) in [6, 6.07) is 0. The van der Waals surface area contributed by atoms with E-state index in [-0.39, 0.29) is 6.61 Å². The molecule has 10 heteroatoms. The van der Waals surface area contributed by atoms with Gasteiger partial charge in [-0.1, -0.05) is 77.6 Å². The Hall–Kier alpha value is -0.400. The molecule has 0 aliphatic carbocycles. The fourth-order valence-corrected chi connectivity index (χ4v) is 4.90. The Labute approximate surface area is 215 Å². The molecule has 0 aromatic heterocycles. The maximum absolute atomic E-state index is 10.8. The highest BCUT2D eigenvalue weighted by atomic mass is 16.7. The zero-order valence-corrected chi connectivity index (χ0v) is 21.8. The molecule has 0 aromatic rings. The maximum atomic E-state index is 10.8. The fraction of sp³-hybridized carbons (Fsp3) is 1.00. The standard InChI is InChI=1S/C26H50O10/c1-2-3-4-5-6-7-8-9-10-11-12-13-14-33-25-21(31)20(16-28)35-26(22(25)32)36-24-19(30)17-34-23(24)18(29)15-27/h18-32H,2-17H2,1H3/t18-,19+,20+,21-,22+,23+,24-,25-,26-/m0/s1. The Morgan fingerprint density at radius 2 is 1.39 bits per heavy atom. The molecule has 2 fully saturated rings. The van der Waals surface area contributed by atoms with Crippen molar-refractivity contribution in [3.05, 3.63) is 0 Å². The summed E-state index contributed by atoms with van der Waals surface area (Å²) in [6.45, 7) is 1.35. The largest absolute Gasteiger partial charge is 0.394 e. The van der Waals surface area contributed by atoms with Gasteiger partial charge in [0.15, 0.2) is 6.29 Å². The normalized spacial score (nSPS) is 33.8. The van der Waals surface area contributed by atoms with Crippen molar-refractivity contribution in [1.29, 1.82) is 0 Å². The van der Waals surface area contributed by atoms with Crippen LogP contribution < -0.4 is 0 Å². The summed E-state index contributed by atoms with van der Waals surface area (Å²) in [5.74, 6) is 0. The van der Waals surface area contributed by atoms with Gasteiger partial charge >= 0.3 is 0 Å². The van der Waals surface area contributed by atoms with Crippen molar-refractivity contribution in [3.8, 4) is 0 Å². The van der Waals surface area contributed by atoms with E-state index in [0.29, 0.717) is 6.61 Å². The Kier molecular flexibility index (Phi) is 15.9. The lowest BCUT2D eigenvalue weighted by Crippen LogP contribution is -2.61. The molecular formula is C26H50O10. The van der Waals surface area contributed by atoms with Crippen LogP contribution in [0.2, 0.25) is 0 Å². The summed E-state index contributed by atoms with van der Waals surface area (Å²) in [4.78, 5) is 0. The molecule has 2 aliphatic heterocycles. The van der Waals surface area contributed by atoms with Crippen LogP contribution in [0.4, 0.5) is 0 Å². The van der Waals surface area contributed by atoms with Crippen molar-refractivity contribution in [1.82, 2.24) is 0 Å². The van der Waals surface area contributed by atoms with Gasteiger partial charge in [0.05, 0.1) is 19.8 Å². The van der Waals surface area contributed by atoms with Gasteiger partial charge in [-0.15, -0.1) is 0 Å². The second-order valence-electron chi connectivity index (χ2n) is 10.1. The summed E-state index contributed by atoms with van der Waals surface area (Å²) in [5.41, 5.74) is 0. The van der Waals surface area contributed by atoms with Gasteiger partial charge in [0.2, 0.25) is 0 Å². The first-order valence-corrected chi connectivity index (χ1v) is 13.9. The van der Waals surface area contributed by atoms with Crippen molar-refractivity contribution in [3.63, 3.8) is 0 Å². The first kappa shape index (κ1) is 31.8. The third-order valence-electron chi connectivity index (χ3n) is 7.15. The average molecular weight is 523 g/mol. The van der Waals surface area contributed by atoms with Gasteiger partial charge in [-0.2, -0.15) is 0 Å². The van der Waals surface area contributed by atoms with E-state index in [0.717, 1.165) is 19.3 Å². The maximum Gasteiger partial charge on any atom is 0.187 e. The molecule has 0 saturated carbocycles. The number of unbranched alkanes of at least 4 members (excludes halogenated alkanes) is 11. The summed E-state index contributed by atoms with van der Waals surface area (Å²) in [6.07, 6.45) is 4.00. The van der Waals surface area contributed by atoms with E-state index < -0.39 is 68.3 Å². The molecule has 0 spiro atoms. The number of ether oxygens (including phenoxy) is 4. The number of rotatable bonds is 19. The van der Waals surface area contributed by atoms with E-state index in [1.165, 1.54) is 57.8 Å². The van der Waals surface area contributed by atoms with E-state index >= 15 is 0 Å². The van der Waals surface area contributed by atoms with E-state index in [9.17, 15) is 30.6 Å². The molecule has 2 heterocycles. The molecule has 0 unspecified atom stereocenters. The second kappa shape index (κ2) is 18.0. The predicted octanol–water partition coefficient (Wildman–Crippen LogP) is 1.01. The quantitative estimate of drug-likeness (QED) is 0.135. The minimum absolute atomic E-state index is 0.111. The van der Waals surface area contributed by atoms with Crippen LogP contribution in [-0.4, -0.2) is 112 Å². The zero-order chi connectivity index (χ0) is 26.3. The lowest BCUT2D eigenvalue weighted by Gasteiger charge is -2.43. The molecule has 2 aliphatic rings. The molecule has 2 rings (SSSR count). The molecule has 9 atom stereocenters. The van der Waals surface area contributed by atoms with Crippen LogP contribution in [0.25, 0.3) is 0 Å². The van der Waals surface area contributed by atoms with Crippen molar-refractivity contribution in [2.45, 2.75) is 139 Å². The molecule has 0 aromatic carbocycles. The fourth-order valence-electron chi connectivity index (χ4n) is 4.90. The van der Waals surface area contributed by atoms with E-state index in [1.54, 1.807) is 0 Å². The SMILES string of the molecule is CCCCCCCCCCCCCCO[C@H]1[C@@H](O)[C@@H](CO)O[C@@H](O[C@@H]2[C@@H]([C@@H](O)CO)OC[C@H]2O)[C@@H]1O. The first-order valence-electron chi connectivity index (χ1n) is 13.9. The number of hydrogen-bond acceptors (Lipinski definition) is 10. The van der Waals surface area contributed by atoms with Crippen molar-refractivity contribution in [2.75, 3.05) is 26.4 Å². The molecule has 214 valence electrons. The first-order chi connectivity index (χ1) is 17.4. The third-order valence-corrected chi connectivity index (χ3v) is 7.15. The molecular weight excluding hydrogens is 472 g/mol. The average Bonchev–Trinajstić information content (AvgIpc) is 3.24. The second-order valence-corrected chi connectivity index (χ2v) is 10.1. The third kappa shape index (κ3) is 10.1. The Morgan fingerprint density at radius 1 is 0.806 bits per heavy atom. The van der Waals surface area contributed by atoms with E-state index in [4.69, 9.17) is 18.9 Å². The lowest BCUT2D eigenvalue weighted by atomic mass is 9.98. The van der Waals surface area contributed by atoms with Gasteiger partial charge < -0.3 is 49.6 Å². The highest BCUT2D eigenvalue weighted by Gasteiger charge is 2.49. The van der Waals surface area contributed by atoms with Crippen LogP contribution >= 0.6 is 0 Å². The molecule has 10 nitrogen and oxygen atoms in total. The minimum Gasteiger partial charge on any atom is -0.394 e. The van der Waals surface area contributed by atoms with Crippen molar-refractivity contribution >= 4 is 0 Å². The van der Waals surface area contributed by atoms with Gasteiger partial charge in [0.1, 0.15) is 48.8 Å². The van der Waals surface area contributed by atoms with E-state index in [2.05, 4.69) is 6.92 Å². The smallest absolute Gasteiger partial charge is 0.187 e. The summed E-state index contributed by atoms with van der Waals surface area (Å²) in [5, 5.41) is 60.3. The zero-order valence-electron chi connectivity index (χ0n) is 21.8. The van der Waals surface area contributed by atoms with Crippen LogP contribution in [0.5, 0.6) is 0 Å². The highest BCUT2D eigenvalue weighted by Crippen LogP contribution is 2.29. The highest BCUT2D eigenvalue weighted by molar-refractivity contribution is 4.94. The van der Waals surface area contributed by atoms with Crippen LogP contribution in [0.1, 0.15) is 84.0 Å². The lowest BCUT2D eigenvalue weighted by molar-refractivity contribution is -0.324. The van der Waals surface area contributed by atoms with Crippen molar-refractivity contribution in [2.24, 2.45) is 0 Å². The molecule has 0 bridgehead atoms. The van der Waals surface area contributed by atoms with Crippen LogP contribution in [-0.2, 0) is 18.9 Å². The van der Waals surface area contributed by atoms with E-state index in [1.807, 2.05) is 0 Å². The summed E-state index contributed by atoms with van der Waals surface area (Å²) in [7, 11) is 0. The van der Waals surface area contributed by atoms with Crippen LogP contribution in [0.15, 0.2) is 0 Å². The van der Waals surface area contributed by atoms with Gasteiger partial charge in [-0.3, -0.25) is 0 Å². The summed E-state index contributed by atoms with van der Waals surface area (Å²) >= 11 is 0. The summed E-state index contributed by atoms with van der Waals surface area (Å²) < 4.78 is 22.3.